The van der Waals surface area contributed by atoms with Gasteiger partial charge in [-0.15, -0.1) is 0 Å². The van der Waals surface area contributed by atoms with E-state index < -0.39 is 110 Å². The van der Waals surface area contributed by atoms with E-state index in [9.17, 15) is 35.7 Å². The molecule has 14 atom stereocenters. The summed E-state index contributed by atoms with van der Waals surface area (Å²) in [7, 11) is 1.46. The maximum Gasteiger partial charge on any atom is 0.187 e. The Labute approximate surface area is 224 Å². The van der Waals surface area contributed by atoms with E-state index in [-0.39, 0.29) is 6.42 Å². The summed E-state index contributed by atoms with van der Waals surface area (Å²) in [5.74, 6) is -0.887. The first kappa shape index (κ1) is 31.6. The van der Waals surface area contributed by atoms with Crippen LogP contribution in [0.15, 0.2) is 4.99 Å². The SMILES string of the molecule is CNC1C(OC2C(OC3C(O)CC(NC(=N)N)C(O)C3N=C(N)N)OC(C)C2(O)CO)OC(CO)C(O)C1O. The molecule has 0 bridgehead atoms. The van der Waals surface area contributed by atoms with Gasteiger partial charge >= 0.3 is 0 Å². The number of hydrogen-bond donors (Lipinski definition) is 13. The highest BCUT2D eigenvalue weighted by Crippen LogP contribution is 2.38. The molecular formula is C21H41N7O11. The highest BCUT2D eigenvalue weighted by molar-refractivity contribution is 5.76. The van der Waals surface area contributed by atoms with Crippen LogP contribution < -0.4 is 27.8 Å². The molecule has 3 aliphatic rings. The van der Waals surface area contributed by atoms with Gasteiger partial charge in [-0.2, -0.15) is 0 Å². The molecule has 3 fully saturated rings. The molecule has 0 aromatic rings. The van der Waals surface area contributed by atoms with Crippen molar-refractivity contribution in [1.82, 2.24) is 10.6 Å². The van der Waals surface area contributed by atoms with Crippen LogP contribution in [0.4, 0.5) is 0 Å². The molecule has 2 aliphatic heterocycles. The Morgan fingerprint density at radius 2 is 1.72 bits per heavy atom. The van der Waals surface area contributed by atoms with Crippen LogP contribution in [0.3, 0.4) is 0 Å². The van der Waals surface area contributed by atoms with Crippen LogP contribution in [-0.4, -0.2) is 153 Å². The molecule has 0 radical (unpaired) electrons. The highest BCUT2D eigenvalue weighted by Gasteiger charge is 2.59. The second kappa shape index (κ2) is 12.7. The normalized spacial score (nSPS) is 46.5. The lowest BCUT2D eigenvalue weighted by Gasteiger charge is -2.45. The summed E-state index contributed by atoms with van der Waals surface area (Å²) in [5.41, 5.74) is 14.4. The maximum atomic E-state index is 11.3. The van der Waals surface area contributed by atoms with E-state index in [2.05, 4.69) is 15.6 Å². The summed E-state index contributed by atoms with van der Waals surface area (Å²) in [6.07, 6.45) is -13.8. The molecule has 39 heavy (non-hydrogen) atoms. The van der Waals surface area contributed by atoms with Gasteiger partial charge in [0.1, 0.15) is 42.2 Å². The number of guanidine groups is 2. The smallest absolute Gasteiger partial charge is 0.187 e. The Balaban J connectivity index is 1.91. The van der Waals surface area contributed by atoms with Crippen molar-refractivity contribution >= 4 is 11.9 Å². The topological polar surface area (TPSA) is 317 Å². The van der Waals surface area contributed by atoms with Crippen LogP contribution in [0.1, 0.15) is 13.3 Å². The average molecular weight is 568 g/mol. The van der Waals surface area contributed by atoms with Crippen LogP contribution in [0.25, 0.3) is 0 Å². The number of likely N-dealkylation sites (N-methyl/N-ethyl adjacent to an activating group) is 1. The number of nitrogens with zero attached hydrogens (tertiary/aromatic N) is 1. The second-order valence-corrected chi connectivity index (χ2v) is 9.98. The van der Waals surface area contributed by atoms with Crippen LogP contribution in [0.5, 0.6) is 0 Å². The van der Waals surface area contributed by atoms with E-state index in [1.165, 1.54) is 14.0 Å². The molecule has 1 saturated carbocycles. The zero-order valence-electron chi connectivity index (χ0n) is 21.6. The molecule has 0 aromatic heterocycles. The van der Waals surface area contributed by atoms with Crippen molar-refractivity contribution in [1.29, 1.82) is 5.41 Å². The van der Waals surface area contributed by atoms with E-state index in [4.69, 9.17) is 41.6 Å². The lowest BCUT2D eigenvalue weighted by Crippen LogP contribution is -2.66. The summed E-state index contributed by atoms with van der Waals surface area (Å²) in [6, 6.07) is -3.24. The Bertz CT molecular complexity index is 870. The van der Waals surface area contributed by atoms with Gasteiger partial charge in [0.15, 0.2) is 24.5 Å². The van der Waals surface area contributed by atoms with Crippen LogP contribution in [-0.2, 0) is 18.9 Å². The lowest BCUT2D eigenvalue weighted by molar-refractivity contribution is -0.316. The van der Waals surface area contributed by atoms with Gasteiger partial charge in [0, 0.05) is 0 Å². The van der Waals surface area contributed by atoms with Crippen molar-refractivity contribution in [3.8, 4) is 0 Å². The molecular weight excluding hydrogens is 526 g/mol. The number of hydrogen-bond acceptors (Lipinski definition) is 14. The molecule has 226 valence electrons. The van der Waals surface area contributed by atoms with E-state index in [0.717, 1.165) is 0 Å². The third-order valence-electron chi connectivity index (χ3n) is 7.43. The number of nitrogens with two attached hydrogens (primary N) is 3. The molecule has 0 spiro atoms. The summed E-state index contributed by atoms with van der Waals surface area (Å²) in [6.45, 7) is -0.0745. The van der Waals surface area contributed by atoms with Crippen molar-refractivity contribution in [3.63, 3.8) is 0 Å². The van der Waals surface area contributed by atoms with Crippen molar-refractivity contribution in [2.75, 3.05) is 20.3 Å². The zero-order chi connectivity index (χ0) is 29.2. The summed E-state index contributed by atoms with van der Waals surface area (Å²) >= 11 is 0. The zero-order valence-corrected chi connectivity index (χ0v) is 21.6. The predicted octanol–water partition coefficient (Wildman–Crippen LogP) is -7.13. The molecule has 0 aromatic carbocycles. The van der Waals surface area contributed by atoms with Gasteiger partial charge in [0.05, 0.1) is 43.6 Å². The largest absolute Gasteiger partial charge is 0.394 e. The molecule has 1 aliphatic carbocycles. The first-order valence-corrected chi connectivity index (χ1v) is 12.4. The number of aliphatic hydroxyl groups excluding tert-OH is 6. The van der Waals surface area contributed by atoms with Gasteiger partial charge in [-0.3, -0.25) is 5.41 Å². The van der Waals surface area contributed by atoms with Crippen LogP contribution in [0.2, 0.25) is 0 Å². The standard InChI is InChI=1S/C21H41N7O11/c1-6-21(35,5-30)16(39-17-11(26-2)14(34)13(33)9(4-29)37-17)18(36-6)38-15-8(31)3-7(27-19(22)23)12(32)10(15)28-20(24)25/h6-18,26,29-35H,3-5H2,1-2H3,(H4,22,23,27)(H4,24,25,28). The van der Waals surface area contributed by atoms with Crippen LogP contribution >= 0.6 is 0 Å². The fourth-order valence-corrected chi connectivity index (χ4v) is 5.20. The Hall–Kier alpha value is -1.94. The summed E-state index contributed by atoms with van der Waals surface area (Å²) < 4.78 is 23.4. The van der Waals surface area contributed by atoms with Gasteiger partial charge in [-0.25, -0.2) is 4.99 Å². The molecule has 0 amide bonds. The first-order valence-electron chi connectivity index (χ1n) is 12.4. The number of nitrogens with one attached hydrogen (secondary N) is 3. The van der Waals surface area contributed by atoms with Gasteiger partial charge < -0.3 is 82.5 Å². The number of aliphatic hydroxyl groups is 7. The molecule has 18 nitrogen and oxygen atoms in total. The second-order valence-electron chi connectivity index (χ2n) is 9.98. The Kier molecular flexibility index (Phi) is 10.3. The number of rotatable bonds is 9. The van der Waals surface area contributed by atoms with Crippen molar-refractivity contribution in [3.05, 3.63) is 0 Å². The molecule has 14 unspecified atom stereocenters. The molecule has 18 heteroatoms. The molecule has 2 heterocycles. The van der Waals surface area contributed by atoms with Gasteiger partial charge in [0.25, 0.3) is 0 Å². The molecule has 3 rings (SSSR count). The van der Waals surface area contributed by atoms with E-state index in [1.807, 2.05) is 0 Å². The molecule has 2 saturated heterocycles. The van der Waals surface area contributed by atoms with Gasteiger partial charge in [-0.1, -0.05) is 0 Å². The summed E-state index contributed by atoms with van der Waals surface area (Å²) in [4.78, 5) is 3.98. The maximum absolute atomic E-state index is 11.3. The van der Waals surface area contributed by atoms with Crippen LogP contribution in [0, 0.1) is 5.41 Å². The van der Waals surface area contributed by atoms with Gasteiger partial charge in [-0.05, 0) is 20.4 Å². The van der Waals surface area contributed by atoms with E-state index in [0.29, 0.717) is 0 Å². The fraction of sp³-hybridized carbons (Fsp3) is 0.905. The number of ether oxygens (including phenoxy) is 4. The Morgan fingerprint density at radius 3 is 2.26 bits per heavy atom. The van der Waals surface area contributed by atoms with Crippen molar-refractivity contribution in [2.45, 2.75) is 98.5 Å². The monoisotopic (exact) mass is 567 g/mol. The number of aliphatic imine (C=N–C) groups is 1. The molecule has 16 N–H and O–H groups in total. The predicted molar refractivity (Wildman–Crippen MR) is 132 cm³/mol. The minimum absolute atomic E-state index is 0.143. The minimum Gasteiger partial charge on any atom is -0.394 e. The fourth-order valence-electron chi connectivity index (χ4n) is 5.20. The highest BCUT2D eigenvalue weighted by atomic mass is 16.8. The van der Waals surface area contributed by atoms with Crippen molar-refractivity contribution < 1.29 is 54.7 Å². The lowest BCUT2D eigenvalue weighted by atomic mass is 9.83. The third kappa shape index (κ3) is 6.37. The average Bonchev–Trinajstić information content (AvgIpc) is 3.10. The quantitative estimate of drug-likeness (QED) is 0.0908. The van der Waals surface area contributed by atoms with Crippen molar-refractivity contribution in [2.24, 2.45) is 22.2 Å². The minimum atomic E-state index is -2.08. The van der Waals surface area contributed by atoms with E-state index in [1.54, 1.807) is 0 Å². The Morgan fingerprint density at radius 1 is 1.05 bits per heavy atom. The van der Waals surface area contributed by atoms with Gasteiger partial charge in [0.2, 0.25) is 0 Å². The first-order chi connectivity index (χ1) is 18.3. The summed E-state index contributed by atoms with van der Waals surface area (Å²) in [5, 5.41) is 86.3. The van der Waals surface area contributed by atoms with E-state index >= 15 is 0 Å². The third-order valence-corrected chi connectivity index (χ3v) is 7.43.